The van der Waals surface area contributed by atoms with Gasteiger partial charge in [0.25, 0.3) is 0 Å². The molecule has 1 saturated heterocycles. The van der Waals surface area contributed by atoms with Crippen LogP contribution in [0, 0.1) is 0 Å². The Kier molecular flexibility index (Phi) is 27.4. The number of rotatable bonds is 3. The second-order valence-electron chi connectivity index (χ2n) is 5.95. The third-order valence-corrected chi connectivity index (χ3v) is 3.34. The van der Waals surface area contributed by atoms with E-state index in [4.69, 9.17) is 33.2 Å². The summed E-state index contributed by atoms with van der Waals surface area (Å²) in [5.41, 5.74) is 1.30. The Morgan fingerprint density at radius 3 is 1.62 bits per heavy atom. The second kappa shape index (κ2) is 26.6. The molecule has 0 aromatic heterocycles. The zero-order valence-corrected chi connectivity index (χ0v) is 18.3. The maximum absolute atomic E-state index is 8.00. The third-order valence-electron chi connectivity index (χ3n) is 3.34. The Labute approximate surface area is 176 Å². The van der Waals surface area contributed by atoms with Crippen LogP contribution < -0.4 is 0 Å². The number of allylic oxidation sites excluding steroid dienone is 4. The number of hydrogen-bond acceptors (Lipinski definition) is 7. The molecule has 1 aliphatic rings. The van der Waals surface area contributed by atoms with E-state index in [9.17, 15) is 0 Å². The van der Waals surface area contributed by atoms with Gasteiger partial charge in [-0.05, 0) is 20.3 Å². The van der Waals surface area contributed by atoms with Crippen molar-refractivity contribution >= 4 is 6.79 Å². The Hall–Kier alpha value is -1.35. The van der Waals surface area contributed by atoms with Gasteiger partial charge < -0.3 is 33.2 Å². The molecule has 0 N–H and O–H groups in total. The van der Waals surface area contributed by atoms with Crippen LogP contribution in [-0.2, 0) is 33.2 Å². The van der Waals surface area contributed by atoms with Crippen molar-refractivity contribution < 1.29 is 33.2 Å². The molecule has 1 unspecified atom stereocenters. The summed E-state index contributed by atoms with van der Waals surface area (Å²) in [7, 11) is 0. The van der Waals surface area contributed by atoms with Gasteiger partial charge in [0.05, 0.1) is 78.8 Å². The highest BCUT2D eigenvalue weighted by Crippen LogP contribution is 1.98. The van der Waals surface area contributed by atoms with Crippen LogP contribution in [0.5, 0.6) is 0 Å². The van der Waals surface area contributed by atoms with Crippen LogP contribution in [0.4, 0.5) is 0 Å². The largest absolute Gasteiger partial charge is 0.377 e. The van der Waals surface area contributed by atoms with Crippen LogP contribution in [0.2, 0.25) is 0 Å². The average molecular weight is 417 g/mol. The highest BCUT2D eigenvalue weighted by atomic mass is 16.6. The summed E-state index contributed by atoms with van der Waals surface area (Å²) in [6, 6.07) is 0. The van der Waals surface area contributed by atoms with E-state index in [2.05, 4.69) is 20.1 Å². The second-order valence-corrected chi connectivity index (χ2v) is 5.95. The minimum atomic E-state index is 0.0714. The first-order valence-electron chi connectivity index (χ1n) is 9.89. The van der Waals surface area contributed by atoms with Gasteiger partial charge in [-0.1, -0.05) is 30.4 Å². The molecule has 29 heavy (non-hydrogen) atoms. The molecule has 1 rings (SSSR count). The highest BCUT2D eigenvalue weighted by Gasteiger charge is 2.02. The first-order chi connectivity index (χ1) is 14.2. The summed E-state index contributed by atoms with van der Waals surface area (Å²) in [6.45, 7) is 19.6. The molecule has 7 nitrogen and oxygen atoms in total. The van der Waals surface area contributed by atoms with Gasteiger partial charge in [0.15, 0.2) is 0 Å². The van der Waals surface area contributed by atoms with Crippen molar-refractivity contribution in [1.82, 2.24) is 0 Å². The summed E-state index contributed by atoms with van der Waals surface area (Å²) in [6.07, 6.45) is 6.70. The lowest BCUT2D eigenvalue weighted by Gasteiger charge is -2.14. The van der Waals surface area contributed by atoms with Gasteiger partial charge in [0.2, 0.25) is 0 Å². The summed E-state index contributed by atoms with van der Waals surface area (Å²) >= 11 is 0. The zero-order chi connectivity index (χ0) is 22.0. The fourth-order valence-electron chi connectivity index (χ4n) is 1.98. The maximum atomic E-state index is 8.00. The van der Waals surface area contributed by atoms with Gasteiger partial charge in [-0.15, -0.1) is 6.58 Å². The predicted molar refractivity (Wildman–Crippen MR) is 115 cm³/mol. The Morgan fingerprint density at radius 2 is 1.21 bits per heavy atom. The van der Waals surface area contributed by atoms with E-state index >= 15 is 0 Å². The van der Waals surface area contributed by atoms with Gasteiger partial charge in [0.1, 0.15) is 6.79 Å². The van der Waals surface area contributed by atoms with E-state index in [1.54, 1.807) is 6.08 Å². The van der Waals surface area contributed by atoms with Crippen LogP contribution in [0.25, 0.3) is 0 Å². The number of ether oxygens (including phenoxy) is 6. The normalized spacial score (nSPS) is 21.0. The molecule has 170 valence electrons. The van der Waals surface area contributed by atoms with Crippen LogP contribution in [0.1, 0.15) is 20.3 Å². The van der Waals surface area contributed by atoms with Crippen LogP contribution >= 0.6 is 0 Å². The monoisotopic (exact) mass is 416 g/mol. The standard InChI is InChI=1S/C13H26O6.C8H12.CH2O/c1-13-12-18-9-8-16-5-4-14-2-3-15-6-7-17-10-11-19-13;1-4-6-8(3)7-5-2;1-2/h13H,2-12H2,1H3;4-6H,1-2,7H2,3H3;1H2/b;8-6-;. The van der Waals surface area contributed by atoms with Crippen molar-refractivity contribution in [2.45, 2.75) is 26.4 Å². The SMILES string of the molecule is C=C/C=C(/C)CC=C.C=O.CC1COCCOCCOCCOCCOCCO1. The van der Waals surface area contributed by atoms with Gasteiger partial charge in [-0.2, -0.15) is 0 Å². The molecule has 1 heterocycles. The summed E-state index contributed by atoms with van der Waals surface area (Å²) in [5.74, 6) is 0. The molecule has 0 aliphatic carbocycles. The number of hydrogen-bond donors (Lipinski definition) is 0. The van der Waals surface area contributed by atoms with E-state index < -0.39 is 0 Å². The Morgan fingerprint density at radius 1 is 0.793 bits per heavy atom. The molecule has 0 radical (unpaired) electrons. The minimum absolute atomic E-state index is 0.0714. The number of carbonyl (C=O) groups is 1. The van der Waals surface area contributed by atoms with Gasteiger partial charge in [-0.25, -0.2) is 0 Å². The van der Waals surface area contributed by atoms with Crippen molar-refractivity contribution in [2.24, 2.45) is 0 Å². The van der Waals surface area contributed by atoms with Crippen molar-refractivity contribution in [3.8, 4) is 0 Å². The molecule has 7 heteroatoms. The quantitative estimate of drug-likeness (QED) is 0.517. The van der Waals surface area contributed by atoms with E-state index in [1.165, 1.54) is 5.57 Å². The minimum Gasteiger partial charge on any atom is -0.377 e. The van der Waals surface area contributed by atoms with Crippen LogP contribution in [0.3, 0.4) is 0 Å². The van der Waals surface area contributed by atoms with Crippen LogP contribution in [0.15, 0.2) is 37.0 Å². The fourth-order valence-corrected chi connectivity index (χ4v) is 1.98. The molecule has 0 aromatic rings. The Bertz CT molecular complexity index is 367. The van der Waals surface area contributed by atoms with E-state index in [1.807, 2.05) is 25.9 Å². The highest BCUT2D eigenvalue weighted by molar-refractivity contribution is 5.11. The van der Waals surface area contributed by atoms with E-state index in [0.29, 0.717) is 72.7 Å². The topological polar surface area (TPSA) is 72.5 Å². The first-order valence-corrected chi connectivity index (χ1v) is 9.89. The van der Waals surface area contributed by atoms with E-state index in [-0.39, 0.29) is 6.10 Å². The lowest BCUT2D eigenvalue weighted by atomic mass is 10.2. The molecule has 0 aromatic carbocycles. The molecule has 0 bridgehead atoms. The molecule has 1 atom stereocenters. The first kappa shape index (κ1) is 29.8. The van der Waals surface area contributed by atoms with Gasteiger partial charge in [0, 0.05) is 0 Å². The van der Waals surface area contributed by atoms with Crippen LogP contribution in [-0.4, -0.2) is 85.6 Å². The molecular weight excluding hydrogens is 376 g/mol. The fraction of sp³-hybridized carbons (Fsp3) is 0.682. The molecular formula is C22H40O7. The number of carbonyl (C=O) groups excluding carboxylic acids is 1. The molecule has 1 aliphatic heterocycles. The van der Waals surface area contributed by atoms with Gasteiger partial charge in [-0.3, -0.25) is 0 Å². The summed E-state index contributed by atoms with van der Waals surface area (Å²) in [4.78, 5) is 8.00. The maximum Gasteiger partial charge on any atom is 0.106 e. The zero-order valence-electron chi connectivity index (χ0n) is 18.3. The lowest BCUT2D eigenvalue weighted by molar-refractivity contribution is -0.0979. The lowest BCUT2D eigenvalue weighted by Crippen LogP contribution is -2.21. The Balaban J connectivity index is 0. The average Bonchev–Trinajstić information content (AvgIpc) is 2.72. The van der Waals surface area contributed by atoms with E-state index in [0.717, 1.165) is 6.42 Å². The van der Waals surface area contributed by atoms with Crippen molar-refractivity contribution in [2.75, 3.05) is 72.7 Å². The summed E-state index contributed by atoms with van der Waals surface area (Å²) < 4.78 is 32.4. The molecule has 1 fully saturated rings. The third kappa shape index (κ3) is 26.6. The van der Waals surface area contributed by atoms with Crippen molar-refractivity contribution in [3.05, 3.63) is 37.0 Å². The van der Waals surface area contributed by atoms with Crippen molar-refractivity contribution in [3.63, 3.8) is 0 Å². The smallest absolute Gasteiger partial charge is 0.106 e. The molecule has 0 amide bonds. The molecule has 0 saturated carbocycles. The predicted octanol–water partition coefficient (Wildman–Crippen LogP) is 3.00. The van der Waals surface area contributed by atoms with Gasteiger partial charge >= 0.3 is 0 Å². The molecule has 0 spiro atoms. The van der Waals surface area contributed by atoms with Crippen molar-refractivity contribution in [1.29, 1.82) is 0 Å². The summed E-state index contributed by atoms with van der Waals surface area (Å²) in [5, 5.41) is 0.